The first-order valence-electron chi connectivity index (χ1n) is 7.41. The molecule has 2 aliphatic rings. The Morgan fingerprint density at radius 3 is 2.65 bits per heavy atom. The molecule has 2 unspecified atom stereocenters. The molecule has 2 rings (SSSR count). The quantitative estimate of drug-likeness (QED) is 0.826. The second kappa shape index (κ2) is 5.88. The van der Waals surface area contributed by atoms with Gasteiger partial charge in [0.25, 0.3) is 10.2 Å². The van der Waals surface area contributed by atoms with Crippen LogP contribution in [0.4, 0.5) is 0 Å². The summed E-state index contributed by atoms with van der Waals surface area (Å²) in [5.41, 5.74) is 5.18. The number of nitrogens with two attached hydrogens (primary N) is 1. The molecule has 0 aromatic carbocycles. The zero-order valence-corrected chi connectivity index (χ0v) is 13.5. The highest BCUT2D eigenvalue weighted by atomic mass is 32.2. The molecule has 2 heterocycles. The van der Waals surface area contributed by atoms with E-state index in [9.17, 15) is 8.42 Å². The number of ether oxygens (including phenoxy) is 1. The van der Waals surface area contributed by atoms with Crippen molar-refractivity contribution in [2.24, 2.45) is 5.73 Å². The lowest BCUT2D eigenvalue weighted by molar-refractivity contribution is -0.114. The van der Waals surface area contributed by atoms with Gasteiger partial charge in [0.1, 0.15) is 0 Å². The van der Waals surface area contributed by atoms with E-state index in [-0.39, 0.29) is 12.1 Å². The predicted molar refractivity (Wildman–Crippen MR) is 78.5 cm³/mol. The third-order valence-electron chi connectivity index (χ3n) is 4.08. The summed E-state index contributed by atoms with van der Waals surface area (Å²) in [4.78, 5) is 0. The summed E-state index contributed by atoms with van der Waals surface area (Å²) in [6.45, 7) is 7.51. The fraction of sp³-hybridized carbons (Fsp3) is 1.00. The van der Waals surface area contributed by atoms with Crippen LogP contribution >= 0.6 is 0 Å². The summed E-state index contributed by atoms with van der Waals surface area (Å²) in [5.74, 6) is 0. The van der Waals surface area contributed by atoms with Crippen LogP contribution in [0.25, 0.3) is 0 Å². The topological polar surface area (TPSA) is 75.9 Å². The van der Waals surface area contributed by atoms with Crippen LogP contribution in [0.15, 0.2) is 0 Å². The van der Waals surface area contributed by atoms with Crippen molar-refractivity contribution in [1.29, 1.82) is 0 Å². The minimum Gasteiger partial charge on any atom is -0.368 e. The van der Waals surface area contributed by atoms with E-state index in [0.29, 0.717) is 26.2 Å². The SMILES string of the molecule is CC1CCCCN1S(=O)(=O)N1CC(CN)OC(C)(C)C1. The number of morpholine rings is 1. The Labute approximate surface area is 122 Å². The van der Waals surface area contributed by atoms with Crippen LogP contribution in [-0.2, 0) is 14.9 Å². The normalized spacial score (nSPS) is 33.2. The van der Waals surface area contributed by atoms with Crippen LogP contribution in [-0.4, -0.2) is 61.0 Å². The minimum atomic E-state index is -3.42. The van der Waals surface area contributed by atoms with Crippen molar-refractivity contribution in [2.75, 3.05) is 26.2 Å². The summed E-state index contributed by atoms with van der Waals surface area (Å²) in [7, 11) is -3.42. The molecule has 20 heavy (non-hydrogen) atoms. The standard InChI is InChI=1S/C13H27N3O3S/c1-11-6-4-5-7-16(11)20(17,18)15-9-12(8-14)19-13(2,3)10-15/h11-12H,4-10,14H2,1-3H3. The van der Waals surface area contributed by atoms with Gasteiger partial charge in [-0.2, -0.15) is 17.0 Å². The van der Waals surface area contributed by atoms with E-state index in [0.717, 1.165) is 19.3 Å². The maximum atomic E-state index is 12.9. The summed E-state index contributed by atoms with van der Waals surface area (Å²) >= 11 is 0. The summed E-state index contributed by atoms with van der Waals surface area (Å²) in [5, 5.41) is 0. The molecule has 2 atom stereocenters. The average molecular weight is 305 g/mol. The molecule has 0 amide bonds. The zero-order chi connectivity index (χ0) is 15.0. The maximum Gasteiger partial charge on any atom is 0.282 e. The first-order valence-corrected chi connectivity index (χ1v) is 8.81. The Balaban J connectivity index is 2.19. The Hall–Kier alpha value is -0.210. The Morgan fingerprint density at radius 2 is 2.05 bits per heavy atom. The number of piperidine rings is 1. The first-order chi connectivity index (χ1) is 9.26. The Bertz CT molecular complexity index is 438. The van der Waals surface area contributed by atoms with E-state index in [1.54, 1.807) is 8.61 Å². The van der Waals surface area contributed by atoms with E-state index in [2.05, 4.69) is 0 Å². The van der Waals surface area contributed by atoms with Gasteiger partial charge in [-0.25, -0.2) is 0 Å². The van der Waals surface area contributed by atoms with E-state index >= 15 is 0 Å². The van der Waals surface area contributed by atoms with Gasteiger partial charge in [0.05, 0.1) is 11.7 Å². The average Bonchev–Trinajstić information content (AvgIpc) is 2.37. The lowest BCUT2D eigenvalue weighted by Gasteiger charge is -2.44. The molecule has 0 saturated carbocycles. The van der Waals surface area contributed by atoms with Crippen LogP contribution in [0.2, 0.25) is 0 Å². The number of rotatable bonds is 3. The third-order valence-corrected chi connectivity index (χ3v) is 6.14. The van der Waals surface area contributed by atoms with Crippen molar-refractivity contribution in [3.63, 3.8) is 0 Å². The smallest absolute Gasteiger partial charge is 0.282 e. The number of hydrogen-bond donors (Lipinski definition) is 1. The predicted octanol–water partition coefficient (Wildman–Crippen LogP) is 0.544. The minimum absolute atomic E-state index is 0.0797. The molecule has 0 aromatic heterocycles. The van der Waals surface area contributed by atoms with Gasteiger partial charge in [-0.15, -0.1) is 0 Å². The Morgan fingerprint density at radius 1 is 1.35 bits per heavy atom. The maximum absolute atomic E-state index is 12.9. The van der Waals surface area contributed by atoms with Gasteiger partial charge in [-0.05, 0) is 33.6 Å². The molecule has 6 nitrogen and oxygen atoms in total. The van der Waals surface area contributed by atoms with E-state index < -0.39 is 15.8 Å². The van der Waals surface area contributed by atoms with Crippen LogP contribution in [0.1, 0.15) is 40.0 Å². The van der Waals surface area contributed by atoms with Crippen LogP contribution in [0.5, 0.6) is 0 Å². The molecule has 2 fully saturated rings. The monoisotopic (exact) mass is 305 g/mol. The molecular weight excluding hydrogens is 278 g/mol. The van der Waals surface area contributed by atoms with Crippen molar-refractivity contribution >= 4 is 10.2 Å². The molecule has 0 spiro atoms. The molecule has 7 heteroatoms. The fourth-order valence-corrected chi connectivity index (χ4v) is 5.15. The van der Waals surface area contributed by atoms with E-state index in [1.807, 2.05) is 20.8 Å². The van der Waals surface area contributed by atoms with Gasteiger partial charge in [0.2, 0.25) is 0 Å². The van der Waals surface area contributed by atoms with Crippen molar-refractivity contribution < 1.29 is 13.2 Å². The van der Waals surface area contributed by atoms with Crippen LogP contribution in [0.3, 0.4) is 0 Å². The van der Waals surface area contributed by atoms with Gasteiger partial charge in [-0.3, -0.25) is 0 Å². The number of hydrogen-bond acceptors (Lipinski definition) is 4. The highest BCUT2D eigenvalue weighted by molar-refractivity contribution is 7.86. The van der Waals surface area contributed by atoms with Gasteiger partial charge in [-0.1, -0.05) is 6.42 Å². The lowest BCUT2D eigenvalue weighted by Crippen LogP contribution is -2.60. The summed E-state index contributed by atoms with van der Waals surface area (Å²) in [6.07, 6.45) is 2.76. The van der Waals surface area contributed by atoms with E-state index in [1.165, 1.54) is 0 Å². The first kappa shape index (κ1) is 16.2. The van der Waals surface area contributed by atoms with Gasteiger partial charge >= 0.3 is 0 Å². The molecule has 0 radical (unpaired) electrons. The molecular formula is C13H27N3O3S. The highest BCUT2D eigenvalue weighted by Gasteiger charge is 2.42. The second-order valence-electron chi connectivity index (χ2n) is 6.49. The molecule has 2 aliphatic heterocycles. The van der Waals surface area contributed by atoms with Gasteiger partial charge in [0, 0.05) is 32.2 Å². The molecule has 0 aliphatic carbocycles. The largest absolute Gasteiger partial charge is 0.368 e. The van der Waals surface area contributed by atoms with Gasteiger partial charge in [0.15, 0.2) is 0 Å². The molecule has 0 aromatic rings. The summed E-state index contributed by atoms with van der Waals surface area (Å²) < 4.78 is 34.7. The molecule has 0 bridgehead atoms. The third kappa shape index (κ3) is 3.33. The molecule has 2 N–H and O–H groups in total. The lowest BCUT2D eigenvalue weighted by atomic mass is 10.1. The second-order valence-corrected chi connectivity index (χ2v) is 8.37. The van der Waals surface area contributed by atoms with Crippen molar-refractivity contribution in [2.45, 2.75) is 57.8 Å². The highest BCUT2D eigenvalue weighted by Crippen LogP contribution is 2.27. The van der Waals surface area contributed by atoms with Crippen molar-refractivity contribution in [3.8, 4) is 0 Å². The summed E-state index contributed by atoms with van der Waals surface area (Å²) in [6, 6.07) is 0.0797. The Kier molecular flexibility index (Phi) is 4.76. The molecule has 118 valence electrons. The van der Waals surface area contributed by atoms with Crippen LogP contribution in [0, 0.1) is 0 Å². The van der Waals surface area contributed by atoms with Gasteiger partial charge < -0.3 is 10.5 Å². The van der Waals surface area contributed by atoms with E-state index in [4.69, 9.17) is 10.5 Å². The molecule has 2 saturated heterocycles. The van der Waals surface area contributed by atoms with Crippen LogP contribution < -0.4 is 5.73 Å². The number of nitrogens with zero attached hydrogens (tertiary/aromatic N) is 2. The van der Waals surface area contributed by atoms with Crippen molar-refractivity contribution in [1.82, 2.24) is 8.61 Å². The zero-order valence-electron chi connectivity index (χ0n) is 12.7. The fourth-order valence-electron chi connectivity index (χ4n) is 3.10. The van der Waals surface area contributed by atoms with Crippen molar-refractivity contribution in [3.05, 3.63) is 0 Å².